The van der Waals surface area contributed by atoms with Crippen LogP contribution < -0.4 is 10.6 Å². The van der Waals surface area contributed by atoms with E-state index in [9.17, 15) is 9.59 Å². The van der Waals surface area contributed by atoms with E-state index >= 15 is 0 Å². The Morgan fingerprint density at radius 3 is 2.33 bits per heavy atom. The average Bonchev–Trinajstić information content (AvgIpc) is 3.16. The zero-order valence-electron chi connectivity index (χ0n) is 18.4. The van der Waals surface area contributed by atoms with Crippen LogP contribution in [0.2, 0.25) is 0 Å². The number of para-hydroxylation sites is 1. The lowest BCUT2D eigenvalue weighted by Crippen LogP contribution is -2.50. The molecule has 2 amide bonds. The summed E-state index contributed by atoms with van der Waals surface area (Å²) in [5.41, 5.74) is 5.02. The third-order valence-corrected chi connectivity index (χ3v) is 6.00. The molecule has 2 heterocycles. The fraction of sp³-hybridized carbons (Fsp3) is 0.148. The lowest BCUT2D eigenvalue weighted by Gasteiger charge is -2.32. The van der Waals surface area contributed by atoms with Gasteiger partial charge in [-0.1, -0.05) is 66.2 Å². The predicted molar refractivity (Wildman–Crippen MR) is 128 cm³/mol. The Bertz CT molecular complexity index is 1330. The maximum absolute atomic E-state index is 13.4. The van der Waals surface area contributed by atoms with Crippen molar-refractivity contribution in [3.8, 4) is 5.69 Å². The second kappa shape index (κ2) is 8.39. The summed E-state index contributed by atoms with van der Waals surface area (Å²) in [5, 5.41) is 10.7. The van der Waals surface area contributed by atoms with E-state index in [4.69, 9.17) is 5.10 Å². The molecule has 1 aromatic heterocycles. The van der Waals surface area contributed by atoms with Gasteiger partial charge < -0.3 is 10.6 Å². The van der Waals surface area contributed by atoms with E-state index in [2.05, 4.69) is 10.6 Å². The van der Waals surface area contributed by atoms with Crippen LogP contribution in [0.15, 0.2) is 84.9 Å². The number of aryl methyl sites for hydroxylation is 2. The second-order valence-electron chi connectivity index (χ2n) is 8.29. The molecule has 0 bridgehead atoms. The van der Waals surface area contributed by atoms with Crippen molar-refractivity contribution < 1.29 is 9.59 Å². The molecule has 4 aromatic rings. The van der Waals surface area contributed by atoms with Crippen LogP contribution in [0.4, 0.5) is 5.82 Å². The van der Waals surface area contributed by atoms with Gasteiger partial charge in [0.05, 0.1) is 11.4 Å². The van der Waals surface area contributed by atoms with Crippen molar-refractivity contribution in [1.82, 2.24) is 15.1 Å². The van der Waals surface area contributed by atoms with Crippen LogP contribution in [-0.4, -0.2) is 27.6 Å². The summed E-state index contributed by atoms with van der Waals surface area (Å²) in [6.45, 7) is 3.87. The fourth-order valence-corrected chi connectivity index (χ4v) is 4.48. The van der Waals surface area contributed by atoms with Crippen molar-refractivity contribution in [2.45, 2.75) is 25.8 Å². The van der Waals surface area contributed by atoms with Gasteiger partial charge in [0.1, 0.15) is 11.9 Å². The van der Waals surface area contributed by atoms with E-state index in [1.807, 2.05) is 92.7 Å². The molecule has 6 heteroatoms. The lowest BCUT2D eigenvalue weighted by atomic mass is 9.82. The van der Waals surface area contributed by atoms with Crippen LogP contribution in [0.3, 0.4) is 0 Å². The summed E-state index contributed by atoms with van der Waals surface area (Å²) in [6.07, 6.45) is 0. The highest BCUT2D eigenvalue weighted by molar-refractivity contribution is 6.04. The molecule has 0 unspecified atom stereocenters. The number of fused-ring (bicyclic) bond motifs is 1. The first-order chi connectivity index (χ1) is 16.0. The van der Waals surface area contributed by atoms with E-state index in [0.717, 1.165) is 28.1 Å². The summed E-state index contributed by atoms with van der Waals surface area (Å²) >= 11 is 0. The Morgan fingerprint density at radius 1 is 0.939 bits per heavy atom. The summed E-state index contributed by atoms with van der Waals surface area (Å²) < 4.78 is 1.76. The minimum atomic E-state index is -0.778. The molecule has 1 aliphatic heterocycles. The maximum atomic E-state index is 13.4. The number of aromatic nitrogens is 2. The van der Waals surface area contributed by atoms with E-state index in [1.165, 1.54) is 0 Å². The molecule has 33 heavy (non-hydrogen) atoms. The topological polar surface area (TPSA) is 76.0 Å². The van der Waals surface area contributed by atoms with Gasteiger partial charge in [0.15, 0.2) is 0 Å². The van der Waals surface area contributed by atoms with Crippen molar-refractivity contribution >= 4 is 17.6 Å². The molecule has 6 nitrogen and oxygen atoms in total. The Labute approximate surface area is 192 Å². The molecule has 2 atom stereocenters. The van der Waals surface area contributed by atoms with E-state index < -0.39 is 6.04 Å². The number of amides is 2. The van der Waals surface area contributed by atoms with Gasteiger partial charge >= 0.3 is 0 Å². The van der Waals surface area contributed by atoms with E-state index in [-0.39, 0.29) is 17.7 Å². The van der Waals surface area contributed by atoms with Crippen molar-refractivity contribution in [2.24, 2.45) is 0 Å². The Hall–Kier alpha value is -4.19. The fourth-order valence-electron chi connectivity index (χ4n) is 4.48. The molecule has 5 rings (SSSR count). The number of nitrogens with one attached hydrogen (secondary N) is 2. The SMILES string of the molecule is Cc1cccc(C(=O)N[C@H]2C(=O)Nc3c(c(C)nn3-c3ccccc3)[C@@H]2c2ccccc2)c1. The zero-order valence-corrected chi connectivity index (χ0v) is 18.4. The van der Waals surface area contributed by atoms with Crippen LogP contribution in [0.5, 0.6) is 0 Å². The predicted octanol–water partition coefficient (Wildman–Crippen LogP) is 4.37. The Kier molecular flexibility index (Phi) is 5.26. The molecule has 0 fully saturated rings. The van der Waals surface area contributed by atoms with Gasteiger partial charge in [-0.15, -0.1) is 0 Å². The molecule has 0 spiro atoms. The molecular formula is C27H24N4O2. The first-order valence-electron chi connectivity index (χ1n) is 10.9. The highest BCUT2D eigenvalue weighted by atomic mass is 16.2. The molecule has 2 N–H and O–H groups in total. The number of nitrogens with zero attached hydrogens (tertiary/aromatic N) is 2. The number of rotatable bonds is 4. The van der Waals surface area contributed by atoms with Crippen LogP contribution in [0.25, 0.3) is 5.69 Å². The molecule has 0 saturated carbocycles. The Balaban J connectivity index is 1.61. The Morgan fingerprint density at radius 2 is 1.64 bits per heavy atom. The number of carbonyl (C=O) groups excluding carboxylic acids is 2. The number of hydrogen-bond acceptors (Lipinski definition) is 3. The smallest absolute Gasteiger partial charge is 0.251 e. The number of benzene rings is 3. The first kappa shape index (κ1) is 20.7. The normalized spacial score (nSPS) is 17.2. The van der Waals surface area contributed by atoms with Gasteiger partial charge in [0.25, 0.3) is 5.91 Å². The highest BCUT2D eigenvalue weighted by Crippen LogP contribution is 2.40. The minimum absolute atomic E-state index is 0.269. The highest BCUT2D eigenvalue weighted by Gasteiger charge is 2.41. The molecule has 0 aliphatic carbocycles. The van der Waals surface area contributed by atoms with Gasteiger partial charge in [-0.05, 0) is 43.7 Å². The van der Waals surface area contributed by atoms with Crippen molar-refractivity contribution in [3.05, 3.63) is 113 Å². The van der Waals surface area contributed by atoms with Crippen molar-refractivity contribution in [1.29, 1.82) is 0 Å². The van der Waals surface area contributed by atoms with Gasteiger partial charge in [-0.3, -0.25) is 9.59 Å². The molecule has 164 valence electrons. The lowest BCUT2D eigenvalue weighted by molar-refractivity contribution is -0.118. The third kappa shape index (κ3) is 3.80. The molecule has 0 saturated heterocycles. The molecule has 3 aromatic carbocycles. The molecular weight excluding hydrogens is 412 g/mol. The quantitative estimate of drug-likeness (QED) is 0.499. The van der Waals surface area contributed by atoms with Gasteiger partial charge in [0, 0.05) is 17.0 Å². The monoisotopic (exact) mass is 436 g/mol. The number of anilines is 1. The standard InChI is InChI=1S/C27H24N4O2/c1-17-10-9-13-20(16-17)26(32)28-24-23(19-11-5-3-6-12-19)22-18(2)30-31(25(22)29-27(24)33)21-14-7-4-8-15-21/h3-16,23-24H,1-2H3,(H,28,32)(H,29,33)/t23-,24+/m0/s1. The van der Waals surface area contributed by atoms with Gasteiger partial charge in [-0.2, -0.15) is 5.10 Å². The number of hydrogen-bond donors (Lipinski definition) is 2. The largest absolute Gasteiger partial charge is 0.339 e. The number of carbonyl (C=O) groups is 2. The summed E-state index contributed by atoms with van der Waals surface area (Å²) in [6, 6.07) is 26.1. The summed E-state index contributed by atoms with van der Waals surface area (Å²) in [7, 11) is 0. The van der Waals surface area contributed by atoms with Gasteiger partial charge in [0.2, 0.25) is 5.91 Å². The van der Waals surface area contributed by atoms with Crippen LogP contribution in [0.1, 0.15) is 38.7 Å². The first-order valence-corrected chi connectivity index (χ1v) is 10.9. The second-order valence-corrected chi connectivity index (χ2v) is 8.29. The van der Waals surface area contributed by atoms with E-state index in [0.29, 0.717) is 11.4 Å². The van der Waals surface area contributed by atoms with Gasteiger partial charge in [-0.25, -0.2) is 4.68 Å². The summed E-state index contributed by atoms with van der Waals surface area (Å²) in [4.78, 5) is 26.5. The van der Waals surface area contributed by atoms with Crippen LogP contribution >= 0.6 is 0 Å². The molecule has 0 radical (unpaired) electrons. The van der Waals surface area contributed by atoms with Crippen molar-refractivity contribution in [3.63, 3.8) is 0 Å². The van der Waals surface area contributed by atoms with Crippen LogP contribution in [-0.2, 0) is 4.79 Å². The molecule has 1 aliphatic rings. The van der Waals surface area contributed by atoms with E-state index in [1.54, 1.807) is 10.7 Å². The van der Waals surface area contributed by atoms with Crippen molar-refractivity contribution in [2.75, 3.05) is 5.32 Å². The zero-order chi connectivity index (χ0) is 22.9. The maximum Gasteiger partial charge on any atom is 0.251 e. The third-order valence-electron chi connectivity index (χ3n) is 6.00. The minimum Gasteiger partial charge on any atom is -0.339 e. The van der Waals surface area contributed by atoms with Crippen LogP contribution in [0, 0.1) is 13.8 Å². The average molecular weight is 437 g/mol. The summed E-state index contributed by atoms with van der Waals surface area (Å²) in [5.74, 6) is -0.287.